The third-order valence-corrected chi connectivity index (χ3v) is 4.36. The van der Waals surface area contributed by atoms with Crippen molar-refractivity contribution in [3.05, 3.63) is 48.4 Å². The average molecular weight is 411 g/mol. The lowest BCUT2D eigenvalue weighted by Crippen LogP contribution is -2.36. The van der Waals surface area contributed by atoms with Gasteiger partial charge in [-0.2, -0.15) is 0 Å². The van der Waals surface area contributed by atoms with Crippen molar-refractivity contribution in [1.29, 1.82) is 0 Å². The molecule has 1 amide bonds. The smallest absolute Gasteiger partial charge is 0.237 e. The summed E-state index contributed by atoms with van der Waals surface area (Å²) >= 11 is 0. The summed E-state index contributed by atoms with van der Waals surface area (Å²) in [5, 5.41) is 5.35. The highest BCUT2D eigenvalue weighted by Crippen LogP contribution is 2.26. The van der Waals surface area contributed by atoms with E-state index in [1.807, 2.05) is 6.92 Å². The number of aromatic nitrogens is 5. The molecular formula is C20H22FN7O2. The summed E-state index contributed by atoms with van der Waals surface area (Å²) < 4.78 is 20.0. The van der Waals surface area contributed by atoms with Crippen LogP contribution in [0.5, 0.6) is 5.88 Å². The molecule has 0 unspecified atom stereocenters. The molecule has 0 aromatic carbocycles. The first-order valence-corrected chi connectivity index (χ1v) is 9.28. The Hall–Kier alpha value is -3.69. The number of nitrogens with one attached hydrogen (secondary N) is 2. The number of rotatable bonds is 7. The van der Waals surface area contributed by atoms with Crippen LogP contribution in [0.25, 0.3) is 11.3 Å². The zero-order chi connectivity index (χ0) is 21.7. The topological polar surface area (TPSA) is 115 Å². The number of pyridine rings is 1. The van der Waals surface area contributed by atoms with E-state index in [0.29, 0.717) is 35.4 Å². The Balaban J connectivity index is 1.81. The minimum absolute atomic E-state index is 0.186. The van der Waals surface area contributed by atoms with Gasteiger partial charge in [-0.3, -0.25) is 9.78 Å². The lowest BCUT2D eigenvalue weighted by Gasteiger charge is -2.23. The van der Waals surface area contributed by atoms with Gasteiger partial charge in [0.25, 0.3) is 0 Å². The van der Waals surface area contributed by atoms with Crippen molar-refractivity contribution in [1.82, 2.24) is 24.9 Å². The van der Waals surface area contributed by atoms with Gasteiger partial charge in [0, 0.05) is 25.0 Å². The van der Waals surface area contributed by atoms with Crippen LogP contribution in [-0.4, -0.2) is 44.5 Å². The largest absolute Gasteiger partial charge is 0.477 e. The minimum Gasteiger partial charge on any atom is -0.477 e. The standard InChI is InChI=1S/C20H22FN7O2/c1-5-30-16-11-23-10-14(26-16)12-8-13(21)17(25-9-12)28-18(29)20(2,3)15-6-7-24-19(22-4)27-15/h6-11H,5H2,1-4H3,(H,22,24,27)(H,25,28,29). The molecule has 0 bridgehead atoms. The van der Waals surface area contributed by atoms with E-state index in [-0.39, 0.29) is 5.82 Å². The van der Waals surface area contributed by atoms with E-state index in [1.165, 1.54) is 24.7 Å². The molecule has 2 N–H and O–H groups in total. The Morgan fingerprint density at radius 1 is 1.20 bits per heavy atom. The Labute approximate surface area is 173 Å². The predicted octanol–water partition coefficient (Wildman–Crippen LogP) is 2.82. The molecule has 0 aliphatic heterocycles. The second-order valence-electron chi connectivity index (χ2n) is 6.82. The van der Waals surface area contributed by atoms with Gasteiger partial charge in [-0.15, -0.1) is 0 Å². The maximum atomic E-state index is 14.7. The first-order valence-electron chi connectivity index (χ1n) is 9.28. The van der Waals surface area contributed by atoms with Gasteiger partial charge in [-0.05, 0) is 32.9 Å². The highest BCUT2D eigenvalue weighted by atomic mass is 19.1. The van der Waals surface area contributed by atoms with Crippen LogP contribution in [0.4, 0.5) is 16.2 Å². The van der Waals surface area contributed by atoms with Crippen molar-refractivity contribution < 1.29 is 13.9 Å². The van der Waals surface area contributed by atoms with Gasteiger partial charge in [-0.1, -0.05) is 0 Å². The molecule has 0 saturated heterocycles. The molecule has 3 heterocycles. The van der Waals surface area contributed by atoms with Gasteiger partial charge in [0.05, 0.1) is 35.8 Å². The van der Waals surface area contributed by atoms with Crippen LogP contribution in [-0.2, 0) is 10.2 Å². The number of carbonyl (C=O) groups is 1. The molecule has 0 aliphatic carbocycles. The highest BCUT2D eigenvalue weighted by Gasteiger charge is 2.32. The van der Waals surface area contributed by atoms with Crippen LogP contribution in [0.2, 0.25) is 0 Å². The fraction of sp³-hybridized carbons (Fsp3) is 0.300. The Kier molecular flexibility index (Phi) is 6.14. The van der Waals surface area contributed by atoms with Crippen LogP contribution in [0.3, 0.4) is 0 Å². The van der Waals surface area contributed by atoms with E-state index in [4.69, 9.17) is 4.74 Å². The van der Waals surface area contributed by atoms with Gasteiger partial charge in [-0.25, -0.2) is 24.3 Å². The number of hydrogen-bond acceptors (Lipinski definition) is 8. The number of amides is 1. The van der Waals surface area contributed by atoms with Crippen molar-refractivity contribution in [3.63, 3.8) is 0 Å². The van der Waals surface area contributed by atoms with Gasteiger partial charge < -0.3 is 15.4 Å². The quantitative estimate of drug-likeness (QED) is 0.610. The summed E-state index contributed by atoms with van der Waals surface area (Å²) in [7, 11) is 1.68. The van der Waals surface area contributed by atoms with E-state index in [1.54, 1.807) is 33.2 Å². The SMILES string of the molecule is CCOc1cncc(-c2cnc(NC(=O)C(C)(C)c3ccnc(NC)n3)c(F)c2)n1. The molecule has 9 nitrogen and oxygen atoms in total. The van der Waals surface area contributed by atoms with Gasteiger partial charge >= 0.3 is 0 Å². The number of halogens is 1. The zero-order valence-corrected chi connectivity index (χ0v) is 17.1. The van der Waals surface area contributed by atoms with Gasteiger partial charge in [0.15, 0.2) is 11.6 Å². The summed E-state index contributed by atoms with van der Waals surface area (Å²) in [6, 6.07) is 2.87. The molecular weight excluding hydrogens is 389 g/mol. The molecule has 3 rings (SSSR count). The van der Waals surface area contributed by atoms with Crippen molar-refractivity contribution in [2.75, 3.05) is 24.3 Å². The number of nitrogens with zero attached hydrogens (tertiary/aromatic N) is 5. The lowest BCUT2D eigenvalue weighted by molar-refractivity contribution is -0.120. The molecule has 0 atom stereocenters. The summed E-state index contributed by atoms with van der Waals surface area (Å²) in [4.78, 5) is 33.5. The fourth-order valence-electron chi connectivity index (χ4n) is 2.58. The molecule has 0 saturated carbocycles. The van der Waals surface area contributed by atoms with E-state index in [0.717, 1.165) is 0 Å². The number of ether oxygens (including phenoxy) is 1. The molecule has 0 radical (unpaired) electrons. The summed E-state index contributed by atoms with van der Waals surface area (Å²) in [5.74, 6) is -0.620. The van der Waals surface area contributed by atoms with Crippen LogP contribution >= 0.6 is 0 Å². The second kappa shape index (κ2) is 8.76. The third kappa shape index (κ3) is 4.48. The molecule has 0 fully saturated rings. The molecule has 30 heavy (non-hydrogen) atoms. The normalized spacial score (nSPS) is 11.1. The van der Waals surface area contributed by atoms with Crippen LogP contribution in [0.1, 0.15) is 26.5 Å². The van der Waals surface area contributed by atoms with Crippen molar-refractivity contribution in [3.8, 4) is 17.1 Å². The van der Waals surface area contributed by atoms with E-state index in [2.05, 4.69) is 35.6 Å². The average Bonchev–Trinajstić information content (AvgIpc) is 2.75. The number of carbonyl (C=O) groups excluding carboxylic acids is 1. The maximum absolute atomic E-state index is 14.7. The predicted molar refractivity (Wildman–Crippen MR) is 110 cm³/mol. The third-order valence-electron chi connectivity index (χ3n) is 4.36. The van der Waals surface area contributed by atoms with Crippen molar-refractivity contribution >= 4 is 17.7 Å². The molecule has 0 aliphatic rings. The molecule has 3 aromatic rings. The summed E-state index contributed by atoms with van der Waals surface area (Å²) in [6.07, 6.45) is 5.92. The number of anilines is 2. The monoisotopic (exact) mass is 411 g/mol. The molecule has 3 aromatic heterocycles. The van der Waals surface area contributed by atoms with Crippen LogP contribution < -0.4 is 15.4 Å². The maximum Gasteiger partial charge on any atom is 0.237 e. The first kappa shape index (κ1) is 21.0. The Bertz CT molecular complexity index is 1060. The Morgan fingerprint density at radius 3 is 2.70 bits per heavy atom. The van der Waals surface area contributed by atoms with Crippen LogP contribution in [0.15, 0.2) is 36.9 Å². The van der Waals surface area contributed by atoms with Crippen LogP contribution in [0, 0.1) is 5.82 Å². The Morgan fingerprint density at radius 2 is 2.00 bits per heavy atom. The van der Waals surface area contributed by atoms with E-state index in [9.17, 15) is 9.18 Å². The summed E-state index contributed by atoms with van der Waals surface area (Å²) in [6.45, 7) is 5.64. The molecule has 0 spiro atoms. The summed E-state index contributed by atoms with van der Waals surface area (Å²) in [5.41, 5.74) is 0.261. The van der Waals surface area contributed by atoms with E-state index >= 15 is 0 Å². The van der Waals surface area contributed by atoms with Gasteiger partial charge in [0.1, 0.15) is 0 Å². The zero-order valence-electron chi connectivity index (χ0n) is 17.1. The minimum atomic E-state index is -1.04. The van der Waals surface area contributed by atoms with Crippen molar-refractivity contribution in [2.24, 2.45) is 0 Å². The van der Waals surface area contributed by atoms with Crippen molar-refractivity contribution in [2.45, 2.75) is 26.2 Å². The molecule has 10 heteroatoms. The highest BCUT2D eigenvalue weighted by molar-refractivity contribution is 5.97. The molecule has 156 valence electrons. The van der Waals surface area contributed by atoms with E-state index < -0.39 is 17.1 Å². The second-order valence-corrected chi connectivity index (χ2v) is 6.82. The number of hydrogen-bond donors (Lipinski definition) is 2. The van der Waals surface area contributed by atoms with Gasteiger partial charge in [0.2, 0.25) is 17.7 Å². The lowest BCUT2D eigenvalue weighted by atomic mass is 9.88. The fourth-order valence-corrected chi connectivity index (χ4v) is 2.58. The first-order chi connectivity index (χ1) is 14.3.